The Balaban J connectivity index is 1.65. The summed E-state index contributed by atoms with van der Waals surface area (Å²) in [4.78, 5) is 0. The fraction of sp³-hybridized carbons (Fsp3) is 0. The van der Waals surface area contributed by atoms with Gasteiger partial charge in [0, 0.05) is 20.8 Å². The molecule has 0 aliphatic heterocycles. The zero-order valence-corrected chi connectivity index (χ0v) is 17.7. The molecular weight excluding hydrogens is 432 g/mol. The van der Waals surface area contributed by atoms with Crippen molar-refractivity contribution in [2.24, 2.45) is 0 Å². The van der Waals surface area contributed by atoms with E-state index >= 15 is 0 Å². The van der Waals surface area contributed by atoms with Crippen molar-refractivity contribution in [2.75, 3.05) is 0 Å². The van der Waals surface area contributed by atoms with E-state index in [0.717, 1.165) is 32.0 Å². The van der Waals surface area contributed by atoms with Crippen LogP contribution in [-0.2, 0) is 0 Å². The summed E-state index contributed by atoms with van der Waals surface area (Å²) in [6.07, 6.45) is 0. The first kappa shape index (κ1) is 17.5. The molecule has 1 nitrogen and oxygen atoms in total. The second-order valence-electron chi connectivity index (χ2n) is 7.49. The van der Waals surface area contributed by atoms with Crippen molar-refractivity contribution in [1.82, 2.24) is 0 Å². The van der Waals surface area contributed by atoms with Gasteiger partial charge in [-0.05, 0) is 45.7 Å². The molecule has 142 valence electrons. The molecule has 0 aliphatic rings. The highest BCUT2D eigenvalue weighted by atomic mass is 79.9. The van der Waals surface area contributed by atoms with Gasteiger partial charge in [0.25, 0.3) is 0 Å². The van der Waals surface area contributed by atoms with Crippen molar-refractivity contribution in [3.8, 4) is 22.3 Å². The van der Waals surface area contributed by atoms with Crippen molar-refractivity contribution >= 4 is 48.6 Å². The van der Waals surface area contributed by atoms with Crippen LogP contribution < -0.4 is 0 Å². The molecular formula is C28H17BrO. The second-order valence-corrected chi connectivity index (χ2v) is 8.41. The average Bonchev–Trinajstić information content (AvgIpc) is 3.18. The van der Waals surface area contributed by atoms with Crippen molar-refractivity contribution in [3.05, 3.63) is 108 Å². The molecule has 0 atom stereocenters. The van der Waals surface area contributed by atoms with Gasteiger partial charge >= 0.3 is 0 Å². The lowest BCUT2D eigenvalue weighted by Crippen LogP contribution is -1.86. The zero-order chi connectivity index (χ0) is 20.1. The maximum atomic E-state index is 6.31. The van der Waals surface area contributed by atoms with Crippen LogP contribution in [-0.4, -0.2) is 0 Å². The molecule has 0 spiro atoms. The molecule has 5 aromatic carbocycles. The normalized spacial score (nSPS) is 11.5. The van der Waals surface area contributed by atoms with Crippen molar-refractivity contribution in [1.29, 1.82) is 0 Å². The van der Waals surface area contributed by atoms with E-state index in [0.29, 0.717) is 0 Å². The quantitative estimate of drug-likeness (QED) is 0.257. The number of furan rings is 1. The Bertz CT molecular complexity index is 1540. The molecule has 0 amide bonds. The number of fused-ring (bicyclic) bond motifs is 4. The van der Waals surface area contributed by atoms with Gasteiger partial charge in [-0.3, -0.25) is 0 Å². The number of rotatable bonds is 2. The smallest absolute Gasteiger partial charge is 0.143 e. The Morgan fingerprint density at radius 2 is 1.10 bits per heavy atom. The van der Waals surface area contributed by atoms with E-state index in [2.05, 4.69) is 107 Å². The largest absolute Gasteiger partial charge is 0.455 e. The van der Waals surface area contributed by atoms with Crippen LogP contribution in [0, 0.1) is 0 Å². The van der Waals surface area contributed by atoms with Crippen molar-refractivity contribution < 1.29 is 4.42 Å². The number of halogens is 1. The molecule has 0 saturated heterocycles. The molecule has 1 heterocycles. The van der Waals surface area contributed by atoms with Gasteiger partial charge in [0.05, 0.1) is 0 Å². The van der Waals surface area contributed by atoms with Crippen molar-refractivity contribution in [3.63, 3.8) is 0 Å². The van der Waals surface area contributed by atoms with Gasteiger partial charge in [0.1, 0.15) is 11.2 Å². The Kier molecular flexibility index (Phi) is 4.00. The van der Waals surface area contributed by atoms with E-state index in [4.69, 9.17) is 4.42 Å². The first-order valence-corrected chi connectivity index (χ1v) is 10.8. The monoisotopic (exact) mass is 448 g/mol. The zero-order valence-electron chi connectivity index (χ0n) is 16.1. The lowest BCUT2D eigenvalue weighted by Gasteiger charge is -2.12. The fourth-order valence-electron chi connectivity index (χ4n) is 4.37. The molecule has 0 unspecified atom stereocenters. The fourth-order valence-corrected chi connectivity index (χ4v) is 4.64. The Morgan fingerprint density at radius 3 is 1.90 bits per heavy atom. The van der Waals surface area contributed by atoms with Gasteiger partial charge in [0.15, 0.2) is 0 Å². The molecule has 6 aromatic rings. The van der Waals surface area contributed by atoms with E-state index < -0.39 is 0 Å². The summed E-state index contributed by atoms with van der Waals surface area (Å²) in [5.74, 6) is 0. The number of hydrogen-bond acceptors (Lipinski definition) is 1. The minimum absolute atomic E-state index is 0.927. The van der Waals surface area contributed by atoms with Gasteiger partial charge in [-0.2, -0.15) is 0 Å². The minimum atomic E-state index is 0.927. The minimum Gasteiger partial charge on any atom is -0.455 e. The molecule has 0 saturated carbocycles. The highest BCUT2D eigenvalue weighted by Crippen LogP contribution is 2.40. The molecule has 0 radical (unpaired) electrons. The average molecular weight is 449 g/mol. The van der Waals surface area contributed by atoms with Gasteiger partial charge in [-0.25, -0.2) is 0 Å². The second kappa shape index (κ2) is 6.86. The van der Waals surface area contributed by atoms with Crippen LogP contribution in [0.2, 0.25) is 0 Å². The Labute approximate surface area is 182 Å². The standard InChI is InChI=1S/C28H17BrO/c29-19-14-12-18(13-15-19)20-16-17-23(22-7-2-1-6-21(20)22)25-9-5-10-26-24-8-3-4-11-27(24)30-28(25)26/h1-17H. The van der Waals surface area contributed by atoms with E-state index in [1.807, 2.05) is 12.1 Å². The summed E-state index contributed by atoms with van der Waals surface area (Å²) in [6.45, 7) is 0. The van der Waals surface area contributed by atoms with Gasteiger partial charge in [0.2, 0.25) is 0 Å². The number of para-hydroxylation sites is 2. The maximum absolute atomic E-state index is 6.31. The molecule has 1 aromatic heterocycles. The summed E-state index contributed by atoms with van der Waals surface area (Å²) < 4.78 is 7.40. The molecule has 0 fully saturated rings. The van der Waals surface area contributed by atoms with Crippen LogP contribution in [0.1, 0.15) is 0 Å². The van der Waals surface area contributed by atoms with Crippen molar-refractivity contribution in [2.45, 2.75) is 0 Å². The third-order valence-corrected chi connectivity index (χ3v) is 6.30. The third-order valence-electron chi connectivity index (χ3n) is 5.77. The predicted molar refractivity (Wildman–Crippen MR) is 130 cm³/mol. The molecule has 30 heavy (non-hydrogen) atoms. The van der Waals surface area contributed by atoms with E-state index in [9.17, 15) is 0 Å². The highest BCUT2D eigenvalue weighted by Gasteiger charge is 2.15. The third kappa shape index (κ3) is 2.68. The molecule has 0 N–H and O–H groups in total. The van der Waals surface area contributed by atoms with Gasteiger partial charge < -0.3 is 4.42 Å². The van der Waals surface area contributed by atoms with Crippen LogP contribution in [0.25, 0.3) is 55.0 Å². The highest BCUT2D eigenvalue weighted by molar-refractivity contribution is 9.10. The molecule has 2 heteroatoms. The lowest BCUT2D eigenvalue weighted by molar-refractivity contribution is 0.670. The summed E-state index contributed by atoms with van der Waals surface area (Å²) in [5.41, 5.74) is 6.64. The number of hydrogen-bond donors (Lipinski definition) is 0. The van der Waals surface area contributed by atoms with E-state index in [1.54, 1.807) is 0 Å². The first-order chi connectivity index (χ1) is 14.8. The predicted octanol–water partition coefficient (Wildman–Crippen LogP) is 8.84. The summed E-state index contributed by atoms with van der Waals surface area (Å²) in [5, 5.41) is 4.78. The first-order valence-electron chi connectivity index (χ1n) is 9.98. The van der Waals surface area contributed by atoms with Crippen LogP contribution in [0.3, 0.4) is 0 Å². The van der Waals surface area contributed by atoms with Gasteiger partial charge in [-0.1, -0.05) is 101 Å². The van der Waals surface area contributed by atoms with E-state index in [1.165, 1.54) is 27.5 Å². The van der Waals surface area contributed by atoms with Crippen LogP contribution in [0.5, 0.6) is 0 Å². The summed E-state index contributed by atoms with van der Waals surface area (Å²) in [7, 11) is 0. The topological polar surface area (TPSA) is 13.1 Å². The molecule has 0 bridgehead atoms. The van der Waals surface area contributed by atoms with Crippen LogP contribution in [0.4, 0.5) is 0 Å². The van der Waals surface area contributed by atoms with Gasteiger partial charge in [-0.15, -0.1) is 0 Å². The Hall–Kier alpha value is -3.36. The van der Waals surface area contributed by atoms with E-state index in [-0.39, 0.29) is 0 Å². The summed E-state index contributed by atoms with van der Waals surface area (Å²) >= 11 is 3.54. The molecule has 6 rings (SSSR count). The SMILES string of the molecule is Brc1ccc(-c2ccc(-c3cccc4c3oc3ccccc34)c3ccccc23)cc1. The summed E-state index contributed by atoms with van der Waals surface area (Å²) in [6, 6.07) is 36.2. The maximum Gasteiger partial charge on any atom is 0.143 e. The Morgan fingerprint density at radius 1 is 0.467 bits per heavy atom. The number of benzene rings is 5. The molecule has 0 aliphatic carbocycles. The van der Waals surface area contributed by atoms with Crippen LogP contribution in [0.15, 0.2) is 112 Å². The van der Waals surface area contributed by atoms with Crippen LogP contribution >= 0.6 is 15.9 Å². The lowest BCUT2D eigenvalue weighted by atomic mass is 9.91.